The Morgan fingerprint density at radius 3 is 2.52 bits per heavy atom. The number of anilines is 1. The molecule has 0 radical (unpaired) electrons. The molecule has 4 rings (SSSR count). The van der Waals surface area contributed by atoms with Crippen molar-refractivity contribution in [2.24, 2.45) is 17.3 Å². The van der Waals surface area contributed by atoms with Crippen LogP contribution in [0.2, 0.25) is 0 Å². The molecule has 7 heteroatoms. The van der Waals surface area contributed by atoms with E-state index in [2.05, 4.69) is 10.2 Å². The molecule has 0 atom stereocenters. The van der Waals surface area contributed by atoms with E-state index in [9.17, 15) is 9.59 Å². The Morgan fingerprint density at radius 2 is 1.76 bits per heavy atom. The van der Waals surface area contributed by atoms with E-state index in [-0.39, 0.29) is 11.6 Å². The second kappa shape index (κ2) is 5.78. The molecule has 0 fully saturated rings. The van der Waals surface area contributed by atoms with Crippen molar-refractivity contribution >= 4 is 44.8 Å². The molecule has 0 saturated carbocycles. The minimum absolute atomic E-state index is 0.184. The lowest BCUT2D eigenvalue weighted by molar-refractivity contribution is -0.121. The Hall–Kier alpha value is -3.06. The van der Waals surface area contributed by atoms with Gasteiger partial charge < -0.3 is 4.57 Å². The summed E-state index contributed by atoms with van der Waals surface area (Å²) in [5.41, 5.74) is 2.41. The topological polar surface area (TPSA) is 67.0 Å². The summed E-state index contributed by atoms with van der Waals surface area (Å²) < 4.78 is 3.02. The van der Waals surface area contributed by atoms with Crippen molar-refractivity contribution in [1.29, 1.82) is 0 Å². The summed E-state index contributed by atoms with van der Waals surface area (Å²) in [6.07, 6.45) is 0. The highest BCUT2D eigenvalue weighted by Crippen LogP contribution is 2.29. The zero-order valence-electron chi connectivity index (χ0n) is 13.6. The van der Waals surface area contributed by atoms with Crippen LogP contribution < -0.4 is 9.70 Å². The van der Waals surface area contributed by atoms with Crippen LogP contribution in [0.15, 0.2) is 58.7 Å². The van der Waals surface area contributed by atoms with Crippen LogP contribution in [0.5, 0.6) is 0 Å². The van der Waals surface area contributed by atoms with Crippen molar-refractivity contribution in [1.82, 2.24) is 4.57 Å². The number of hydrogen-bond donors (Lipinski definition) is 0. The summed E-state index contributed by atoms with van der Waals surface area (Å²) in [5.74, 6) is -0.781. The van der Waals surface area contributed by atoms with E-state index in [0.29, 0.717) is 16.1 Å². The predicted molar refractivity (Wildman–Crippen MR) is 97.5 cm³/mol. The lowest BCUT2D eigenvalue weighted by Gasteiger charge is -2.10. The first-order valence-corrected chi connectivity index (χ1v) is 8.50. The first kappa shape index (κ1) is 15.5. The van der Waals surface area contributed by atoms with Crippen LogP contribution in [-0.2, 0) is 16.6 Å². The molecule has 2 heterocycles. The van der Waals surface area contributed by atoms with Crippen LogP contribution in [-0.4, -0.2) is 22.1 Å². The molecule has 0 aliphatic carbocycles. The molecule has 0 unspecified atom stereocenters. The van der Waals surface area contributed by atoms with Gasteiger partial charge in [-0.05, 0) is 18.2 Å². The molecule has 2 amide bonds. The molecule has 0 N–H and O–H groups in total. The van der Waals surface area contributed by atoms with E-state index in [0.717, 1.165) is 15.1 Å². The smallest absolute Gasteiger partial charge is 0.286 e. The first-order chi connectivity index (χ1) is 12.1. The Bertz CT molecular complexity index is 1120. The van der Waals surface area contributed by atoms with Gasteiger partial charge in [0.05, 0.1) is 15.9 Å². The molecular weight excluding hydrogens is 336 g/mol. The van der Waals surface area contributed by atoms with Crippen LogP contribution in [0.1, 0.15) is 12.5 Å². The molecule has 2 aromatic carbocycles. The highest BCUT2D eigenvalue weighted by atomic mass is 32.1. The zero-order chi connectivity index (χ0) is 17.6. The fraction of sp³-hybridized carbons (Fsp3) is 0.111. The van der Waals surface area contributed by atoms with Gasteiger partial charge in [-0.15, -0.1) is 10.2 Å². The molecule has 6 nitrogen and oxygen atoms in total. The van der Waals surface area contributed by atoms with Gasteiger partial charge >= 0.3 is 0 Å². The normalized spacial score (nSPS) is 16.1. The minimum Gasteiger partial charge on any atom is -0.318 e. The van der Waals surface area contributed by atoms with Crippen molar-refractivity contribution in [3.05, 3.63) is 58.9 Å². The molecule has 124 valence electrons. The maximum absolute atomic E-state index is 12.6. The molecule has 1 aliphatic heterocycles. The van der Waals surface area contributed by atoms with Gasteiger partial charge in [0.25, 0.3) is 5.91 Å². The van der Waals surface area contributed by atoms with Gasteiger partial charge in [-0.2, -0.15) is 0 Å². The van der Waals surface area contributed by atoms with Crippen molar-refractivity contribution in [3.63, 3.8) is 0 Å². The standard InChI is InChI=1S/C18H14N4O2S/c1-11(23)22-13-8-4-3-7-12(13)16(17(22)24)19-20-18-21(2)14-9-5-6-10-15(14)25-18/h3-10H,1-2H3/b19-16+,20-18+. The minimum atomic E-state index is -0.443. The van der Waals surface area contributed by atoms with Gasteiger partial charge in [-0.3, -0.25) is 9.59 Å². The average molecular weight is 350 g/mol. The Morgan fingerprint density at radius 1 is 1.04 bits per heavy atom. The third-order valence-corrected chi connectivity index (χ3v) is 5.17. The number of hydrogen-bond acceptors (Lipinski definition) is 5. The Labute approximate surface area is 147 Å². The van der Waals surface area contributed by atoms with Crippen molar-refractivity contribution in [3.8, 4) is 0 Å². The number of nitrogens with zero attached hydrogens (tertiary/aromatic N) is 4. The average Bonchev–Trinajstić information content (AvgIpc) is 3.07. The number of aromatic nitrogens is 1. The number of fused-ring (bicyclic) bond motifs is 2. The maximum Gasteiger partial charge on any atom is 0.286 e. The van der Waals surface area contributed by atoms with Crippen LogP contribution in [0.4, 0.5) is 5.69 Å². The van der Waals surface area contributed by atoms with Gasteiger partial charge in [0, 0.05) is 19.5 Å². The molecular formula is C18H14N4O2S. The summed E-state index contributed by atoms with van der Waals surface area (Å²) in [6, 6.07) is 15.1. The van der Waals surface area contributed by atoms with Gasteiger partial charge in [0.2, 0.25) is 10.7 Å². The molecule has 0 spiro atoms. The number of imide groups is 1. The highest BCUT2D eigenvalue weighted by molar-refractivity contribution is 7.16. The lowest BCUT2D eigenvalue weighted by atomic mass is 10.1. The SMILES string of the molecule is CC(=O)N1C(=O)/C(=N/N=c2/sc3ccccc3n2C)c2ccccc21. The molecule has 1 aliphatic rings. The van der Waals surface area contributed by atoms with Crippen molar-refractivity contribution < 1.29 is 9.59 Å². The third kappa shape index (κ3) is 2.40. The van der Waals surface area contributed by atoms with Crippen LogP contribution in [0.3, 0.4) is 0 Å². The quantitative estimate of drug-likeness (QED) is 0.633. The Kier molecular flexibility index (Phi) is 3.58. The second-order valence-corrected chi connectivity index (χ2v) is 6.65. The number of carbonyl (C=O) groups excluding carboxylic acids is 2. The van der Waals surface area contributed by atoms with E-state index >= 15 is 0 Å². The van der Waals surface area contributed by atoms with Gasteiger partial charge in [-0.1, -0.05) is 41.7 Å². The van der Waals surface area contributed by atoms with E-state index in [1.807, 2.05) is 41.9 Å². The summed E-state index contributed by atoms with van der Waals surface area (Å²) in [6.45, 7) is 1.36. The fourth-order valence-electron chi connectivity index (χ4n) is 2.88. The van der Waals surface area contributed by atoms with Gasteiger partial charge in [0.1, 0.15) is 0 Å². The van der Waals surface area contributed by atoms with E-state index in [1.54, 1.807) is 18.2 Å². The number of benzene rings is 2. The summed E-state index contributed by atoms with van der Waals surface area (Å²) in [4.78, 5) is 26.2. The predicted octanol–water partition coefficient (Wildman–Crippen LogP) is 2.44. The molecule has 25 heavy (non-hydrogen) atoms. The summed E-state index contributed by atoms with van der Waals surface area (Å²) in [5, 5.41) is 8.47. The number of aryl methyl sites for hydroxylation is 1. The number of thiazole rings is 1. The van der Waals surface area contributed by atoms with Crippen LogP contribution in [0.25, 0.3) is 10.2 Å². The summed E-state index contributed by atoms with van der Waals surface area (Å²) >= 11 is 1.49. The second-order valence-electron chi connectivity index (χ2n) is 5.64. The molecule has 0 bridgehead atoms. The van der Waals surface area contributed by atoms with Crippen molar-refractivity contribution in [2.75, 3.05) is 4.90 Å². The summed E-state index contributed by atoms with van der Waals surface area (Å²) in [7, 11) is 1.91. The lowest BCUT2D eigenvalue weighted by Crippen LogP contribution is -2.34. The third-order valence-electron chi connectivity index (χ3n) is 4.07. The van der Waals surface area contributed by atoms with E-state index in [4.69, 9.17) is 0 Å². The van der Waals surface area contributed by atoms with E-state index in [1.165, 1.54) is 18.3 Å². The number of rotatable bonds is 1. The Balaban J connectivity index is 1.87. The zero-order valence-corrected chi connectivity index (χ0v) is 14.4. The number of para-hydroxylation sites is 2. The fourth-order valence-corrected chi connectivity index (χ4v) is 3.85. The van der Waals surface area contributed by atoms with Gasteiger partial charge in [-0.25, -0.2) is 4.90 Å². The highest BCUT2D eigenvalue weighted by Gasteiger charge is 2.36. The van der Waals surface area contributed by atoms with Gasteiger partial charge in [0.15, 0.2) is 5.71 Å². The molecule has 3 aromatic rings. The van der Waals surface area contributed by atoms with Crippen molar-refractivity contribution in [2.45, 2.75) is 6.92 Å². The monoisotopic (exact) mass is 350 g/mol. The maximum atomic E-state index is 12.6. The molecule has 1 aromatic heterocycles. The first-order valence-electron chi connectivity index (χ1n) is 7.68. The van der Waals surface area contributed by atoms with Crippen LogP contribution in [0, 0.1) is 0 Å². The van der Waals surface area contributed by atoms with E-state index < -0.39 is 5.91 Å². The van der Waals surface area contributed by atoms with Crippen LogP contribution >= 0.6 is 11.3 Å². The number of carbonyl (C=O) groups is 2. The molecule has 0 saturated heterocycles. The number of amides is 2. The largest absolute Gasteiger partial charge is 0.318 e.